The van der Waals surface area contributed by atoms with Crippen molar-refractivity contribution < 1.29 is 9.90 Å². The first-order chi connectivity index (χ1) is 9.97. The van der Waals surface area contributed by atoms with Crippen molar-refractivity contribution in [2.75, 3.05) is 0 Å². The molecule has 0 radical (unpaired) electrons. The molecule has 2 nitrogen and oxygen atoms in total. The molecule has 0 aliphatic heterocycles. The van der Waals surface area contributed by atoms with Gasteiger partial charge < -0.3 is 5.11 Å². The molecule has 1 unspecified atom stereocenters. The molecule has 0 saturated heterocycles. The monoisotopic (exact) mass is 300 g/mol. The molecule has 0 fully saturated rings. The van der Waals surface area contributed by atoms with Gasteiger partial charge in [0.1, 0.15) is 5.25 Å². The number of aliphatic carboxylic acids is 1. The number of aryl methyl sites for hydroxylation is 3. The molecule has 0 spiro atoms. The lowest BCUT2D eigenvalue weighted by Crippen LogP contribution is -2.20. The summed E-state index contributed by atoms with van der Waals surface area (Å²) in [4.78, 5) is 12.6. The molecule has 0 saturated carbocycles. The van der Waals surface area contributed by atoms with Gasteiger partial charge in [0.25, 0.3) is 0 Å². The Labute approximate surface area is 130 Å². The van der Waals surface area contributed by atoms with Crippen molar-refractivity contribution in [1.29, 1.82) is 0 Å². The lowest BCUT2D eigenvalue weighted by Gasteiger charge is -2.16. The molecule has 0 aromatic heterocycles. The number of carboxylic acids is 1. The van der Waals surface area contributed by atoms with E-state index in [-0.39, 0.29) is 0 Å². The van der Waals surface area contributed by atoms with Gasteiger partial charge in [-0.15, -0.1) is 11.8 Å². The van der Waals surface area contributed by atoms with E-state index in [1.807, 2.05) is 30.3 Å². The van der Waals surface area contributed by atoms with Gasteiger partial charge in [0, 0.05) is 4.90 Å². The standard InChI is InChI=1S/C18H20O2S/c1-12-9-13(2)16(14(3)10-12)11-17(18(19)20)21-15-7-5-4-6-8-15/h4-10,17H,11H2,1-3H3,(H,19,20). The van der Waals surface area contributed by atoms with Gasteiger partial charge in [0.15, 0.2) is 0 Å². The zero-order valence-corrected chi connectivity index (χ0v) is 13.4. The van der Waals surface area contributed by atoms with E-state index >= 15 is 0 Å². The normalized spacial score (nSPS) is 12.1. The van der Waals surface area contributed by atoms with Crippen LogP contribution in [0.25, 0.3) is 0 Å². The summed E-state index contributed by atoms with van der Waals surface area (Å²) in [6, 6.07) is 14.0. The van der Waals surface area contributed by atoms with Gasteiger partial charge in [-0.25, -0.2) is 0 Å². The number of carbonyl (C=O) groups is 1. The first-order valence-corrected chi connectivity index (χ1v) is 7.86. The molecule has 3 heteroatoms. The molecule has 110 valence electrons. The predicted molar refractivity (Wildman–Crippen MR) is 88.1 cm³/mol. The largest absolute Gasteiger partial charge is 0.480 e. The second kappa shape index (κ2) is 6.81. The van der Waals surface area contributed by atoms with Crippen molar-refractivity contribution in [1.82, 2.24) is 0 Å². The van der Waals surface area contributed by atoms with Crippen LogP contribution < -0.4 is 0 Å². The molecular weight excluding hydrogens is 280 g/mol. The Morgan fingerprint density at radius 2 is 1.67 bits per heavy atom. The van der Waals surface area contributed by atoms with Crippen molar-refractivity contribution in [3.05, 3.63) is 64.7 Å². The molecule has 0 bridgehead atoms. The first kappa shape index (κ1) is 15.6. The van der Waals surface area contributed by atoms with Crippen LogP contribution in [0, 0.1) is 20.8 Å². The van der Waals surface area contributed by atoms with Crippen LogP contribution in [0.1, 0.15) is 22.3 Å². The maximum Gasteiger partial charge on any atom is 0.317 e. The molecule has 0 aliphatic rings. The van der Waals surface area contributed by atoms with Crippen molar-refractivity contribution in [3.8, 4) is 0 Å². The number of hydrogen-bond donors (Lipinski definition) is 1. The van der Waals surface area contributed by atoms with E-state index in [1.165, 1.54) is 28.5 Å². The average molecular weight is 300 g/mol. The number of benzene rings is 2. The van der Waals surface area contributed by atoms with Crippen molar-refractivity contribution in [2.45, 2.75) is 37.3 Å². The molecule has 0 aliphatic carbocycles. The van der Waals surface area contributed by atoms with Crippen LogP contribution in [-0.2, 0) is 11.2 Å². The molecule has 1 atom stereocenters. The summed E-state index contributed by atoms with van der Waals surface area (Å²) in [5, 5.41) is 9.05. The second-order valence-electron chi connectivity index (χ2n) is 5.34. The quantitative estimate of drug-likeness (QED) is 0.832. The van der Waals surface area contributed by atoms with Crippen LogP contribution in [0.2, 0.25) is 0 Å². The van der Waals surface area contributed by atoms with Crippen LogP contribution in [0.5, 0.6) is 0 Å². The fourth-order valence-corrected chi connectivity index (χ4v) is 3.55. The van der Waals surface area contributed by atoms with Crippen LogP contribution in [0.4, 0.5) is 0 Å². The van der Waals surface area contributed by atoms with E-state index in [9.17, 15) is 9.90 Å². The Kier molecular flexibility index (Phi) is 5.07. The molecule has 2 rings (SSSR count). The van der Waals surface area contributed by atoms with Gasteiger partial charge in [-0.05, 0) is 56.0 Å². The van der Waals surface area contributed by atoms with E-state index in [4.69, 9.17) is 0 Å². The Morgan fingerprint density at radius 1 is 1.10 bits per heavy atom. The van der Waals surface area contributed by atoms with Crippen LogP contribution in [0.3, 0.4) is 0 Å². The third-order valence-electron chi connectivity index (χ3n) is 3.53. The zero-order valence-electron chi connectivity index (χ0n) is 12.6. The lowest BCUT2D eigenvalue weighted by molar-refractivity contribution is -0.136. The topological polar surface area (TPSA) is 37.3 Å². The highest BCUT2D eigenvalue weighted by atomic mass is 32.2. The minimum Gasteiger partial charge on any atom is -0.480 e. The Morgan fingerprint density at radius 3 is 2.19 bits per heavy atom. The minimum atomic E-state index is -0.761. The highest BCUT2D eigenvalue weighted by Gasteiger charge is 2.21. The van der Waals surface area contributed by atoms with E-state index in [0.717, 1.165) is 10.5 Å². The Balaban J connectivity index is 2.23. The van der Waals surface area contributed by atoms with Crippen LogP contribution in [0.15, 0.2) is 47.4 Å². The fraction of sp³-hybridized carbons (Fsp3) is 0.278. The molecule has 2 aromatic rings. The zero-order chi connectivity index (χ0) is 15.4. The number of carboxylic acid groups (broad SMARTS) is 1. The fourth-order valence-electron chi connectivity index (χ4n) is 2.56. The van der Waals surface area contributed by atoms with Gasteiger partial charge in [-0.2, -0.15) is 0 Å². The summed E-state index contributed by atoms with van der Waals surface area (Å²) >= 11 is 1.41. The predicted octanol–water partition coefficient (Wildman–Crippen LogP) is 4.40. The molecule has 0 heterocycles. The van der Waals surface area contributed by atoms with E-state index in [1.54, 1.807) is 0 Å². The van der Waals surface area contributed by atoms with E-state index < -0.39 is 11.2 Å². The van der Waals surface area contributed by atoms with Gasteiger partial charge in [0.2, 0.25) is 0 Å². The highest BCUT2D eigenvalue weighted by Crippen LogP contribution is 2.28. The average Bonchev–Trinajstić information content (AvgIpc) is 2.42. The lowest BCUT2D eigenvalue weighted by atomic mass is 9.96. The maximum absolute atomic E-state index is 11.6. The number of rotatable bonds is 5. The molecule has 2 aromatic carbocycles. The van der Waals surface area contributed by atoms with Crippen molar-refractivity contribution >= 4 is 17.7 Å². The summed E-state index contributed by atoms with van der Waals surface area (Å²) in [5.74, 6) is -0.761. The summed E-state index contributed by atoms with van der Waals surface area (Å²) in [7, 11) is 0. The smallest absolute Gasteiger partial charge is 0.317 e. The third-order valence-corrected chi connectivity index (χ3v) is 4.72. The van der Waals surface area contributed by atoms with Crippen molar-refractivity contribution in [2.24, 2.45) is 0 Å². The summed E-state index contributed by atoms with van der Waals surface area (Å²) in [6.07, 6.45) is 0.548. The third kappa shape index (κ3) is 4.11. The summed E-state index contributed by atoms with van der Waals surface area (Å²) < 4.78 is 0. The molecule has 0 amide bonds. The maximum atomic E-state index is 11.6. The van der Waals surface area contributed by atoms with Gasteiger partial charge in [-0.3, -0.25) is 4.79 Å². The van der Waals surface area contributed by atoms with E-state index in [2.05, 4.69) is 32.9 Å². The van der Waals surface area contributed by atoms with Crippen LogP contribution in [-0.4, -0.2) is 16.3 Å². The molecule has 21 heavy (non-hydrogen) atoms. The van der Waals surface area contributed by atoms with Crippen molar-refractivity contribution in [3.63, 3.8) is 0 Å². The van der Waals surface area contributed by atoms with Gasteiger partial charge in [-0.1, -0.05) is 35.9 Å². The molecule has 1 N–H and O–H groups in total. The van der Waals surface area contributed by atoms with Gasteiger partial charge >= 0.3 is 5.97 Å². The number of hydrogen-bond acceptors (Lipinski definition) is 2. The Hall–Kier alpha value is -1.74. The second-order valence-corrected chi connectivity index (χ2v) is 6.62. The SMILES string of the molecule is Cc1cc(C)c(CC(Sc2ccccc2)C(=O)O)c(C)c1. The first-order valence-electron chi connectivity index (χ1n) is 6.98. The van der Waals surface area contributed by atoms with Gasteiger partial charge in [0.05, 0.1) is 0 Å². The molecular formula is C18H20O2S. The minimum absolute atomic E-state index is 0.465. The summed E-state index contributed by atoms with van der Waals surface area (Å²) in [5.41, 5.74) is 4.72. The Bertz CT molecular complexity index is 612. The van der Waals surface area contributed by atoms with E-state index in [0.29, 0.717) is 6.42 Å². The number of thioether (sulfide) groups is 1. The summed E-state index contributed by atoms with van der Waals surface area (Å²) in [6.45, 7) is 6.18. The highest BCUT2D eigenvalue weighted by molar-refractivity contribution is 8.00. The van der Waals surface area contributed by atoms with Crippen LogP contribution >= 0.6 is 11.8 Å².